The molecule has 0 radical (unpaired) electrons. The van der Waals surface area contributed by atoms with Gasteiger partial charge < -0.3 is 20.3 Å². The number of likely N-dealkylation sites (tertiary alicyclic amines) is 1. The molecule has 5 rings (SSSR count). The standard InChI is InChI=1S/C37H45N7O7S/c1-3-25(2)32(36(47)42-52(49,50)29-19-20-29)39-35(46)30-18-12-21-44(30)31(45)24-38-37(48)51-22-10-5-4-7-13-26-14-11-17-28(23-26)34-33(40-43-41-34)27-15-8-6-9-16-27/h3,6-9,11,13-17,23,25,29-30,32H,1,4-5,10,12,18-22,24H2,2H3,(H,38,48)(H,39,46)(H,42,47)(H,40,41,43)/b13-7+. The zero-order valence-electron chi connectivity index (χ0n) is 29.1. The second kappa shape index (κ2) is 17.8. The van der Waals surface area contributed by atoms with Crippen molar-refractivity contribution in [2.24, 2.45) is 5.92 Å². The van der Waals surface area contributed by atoms with Crippen LogP contribution in [0.4, 0.5) is 4.79 Å². The van der Waals surface area contributed by atoms with Crippen molar-refractivity contribution in [3.8, 4) is 22.5 Å². The first-order chi connectivity index (χ1) is 25.1. The molecule has 0 spiro atoms. The van der Waals surface area contributed by atoms with Crippen LogP contribution in [0.2, 0.25) is 0 Å². The molecule has 4 amide bonds. The minimum absolute atomic E-state index is 0.175. The largest absolute Gasteiger partial charge is 0.450 e. The van der Waals surface area contributed by atoms with E-state index in [0.717, 1.165) is 40.9 Å². The van der Waals surface area contributed by atoms with Gasteiger partial charge in [0.05, 0.1) is 11.9 Å². The van der Waals surface area contributed by atoms with Crippen LogP contribution in [0.25, 0.3) is 28.6 Å². The predicted octanol–water partition coefficient (Wildman–Crippen LogP) is 3.95. The van der Waals surface area contributed by atoms with Crippen LogP contribution in [0.1, 0.15) is 57.4 Å². The third-order valence-electron chi connectivity index (χ3n) is 9.01. The van der Waals surface area contributed by atoms with E-state index in [1.807, 2.05) is 54.6 Å². The fourth-order valence-corrected chi connectivity index (χ4v) is 7.22. The molecule has 1 aromatic heterocycles. The van der Waals surface area contributed by atoms with Gasteiger partial charge in [-0.3, -0.25) is 19.1 Å². The lowest BCUT2D eigenvalue weighted by Gasteiger charge is -2.28. The smallest absolute Gasteiger partial charge is 0.407 e. The molecular weight excluding hydrogens is 687 g/mol. The molecule has 14 nitrogen and oxygen atoms in total. The summed E-state index contributed by atoms with van der Waals surface area (Å²) in [6.45, 7) is 5.40. The predicted molar refractivity (Wildman–Crippen MR) is 196 cm³/mol. The summed E-state index contributed by atoms with van der Waals surface area (Å²) in [5.41, 5.74) is 4.51. The number of unbranched alkanes of at least 4 members (excludes halogenated alkanes) is 2. The highest BCUT2D eigenvalue weighted by molar-refractivity contribution is 7.90. The van der Waals surface area contributed by atoms with Crippen LogP contribution in [0.3, 0.4) is 0 Å². The number of ether oxygens (including phenoxy) is 1. The number of aromatic nitrogens is 3. The Morgan fingerprint density at radius 3 is 2.48 bits per heavy atom. The Morgan fingerprint density at radius 2 is 1.75 bits per heavy atom. The van der Waals surface area contributed by atoms with Gasteiger partial charge in [0.1, 0.15) is 30.0 Å². The highest BCUT2D eigenvalue weighted by Gasteiger charge is 2.40. The topological polar surface area (TPSA) is 193 Å². The van der Waals surface area contributed by atoms with Gasteiger partial charge in [-0.1, -0.05) is 73.7 Å². The third kappa shape index (κ3) is 10.1. The van der Waals surface area contributed by atoms with Gasteiger partial charge in [-0.25, -0.2) is 13.2 Å². The average Bonchev–Trinajstić information content (AvgIpc) is 3.70. The number of H-pyrrole nitrogens is 1. The highest BCUT2D eigenvalue weighted by atomic mass is 32.2. The zero-order valence-corrected chi connectivity index (χ0v) is 29.9. The second-order valence-electron chi connectivity index (χ2n) is 12.9. The van der Waals surface area contributed by atoms with E-state index in [4.69, 9.17) is 4.74 Å². The van der Waals surface area contributed by atoms with Crippen molar-refractivity contribution in [3.05, 3.63) is 78.9 Å². The summed E-state index contributed by atoms with van der Waals surface area (Å²) in [5.74, 6) is -2.48. The number of sulfonamides is 1. The summed E-state index contributed by atoms with van der Waals surface area (Å²) in [7, 11) is -3.82. The summed E-state index contributed by atoms with van der Waals surface area (Å²) >= 11 is 0. The van der Waals surface area contributed by atoms with Gasteiger partial charge >= 0.3 is 6.09 Å². The number of hydrogen-bond acceptors (Lipinski definition) is 9. The number of nitrogens with one attached hydrogen (secondary N) is 4. The summed E-state index contributed by atoms with van der Waals surface area (Å²) in [6.07, 6.45) is 8.85. The second-order valence-corrected chi connectivity index (χ2v) is 14.9. The normalized spacial score (nSPS) is 16.9. The fraction of sp³-hybridized carbons (Fsp3) is 0.405. The van der Waals surface area contributed by atoms with E-state index >= 15 is 0 Å². The number of carbonyl (C=O) groups is 4. The maximum atomic E-state index is 13.2. The van der Waals surface area contributed by atoms with Crippen molar-refractivity contribution in [1.29, 1.82) is 0 Å². The lowest BCUT2D eigenvalue weighted by molar-refractivity contribution is -0.139. The van der Waals surface area contributed by atoms with Crippen LogP contribution in [0.5, 0.6) is 0 Å². The Balaban J connectivity index is 1.01. The SMILES string of the molecule is C=CC(C)C(NC(=O)C1CCCN1C(=O)CNC(=O)OCCCC/C=C/c1cccc(-c2n[nH]nc2-c2ccccc2)c1)C(=O)NS(=O)(=O)C1CC1. The molecule has 4 N–H and O–H groups in total. The van der Waals surface area contributed by atoms with E-state index < -0.39 is 57.1 Å². The van der Waals surface area contributed by atoms with E-state index in [1.165, 1.54) is 11.0 Å². The molecule has 3 unspecified atom stereocenters. The fourth-order valence-electron chi connectivity index (χ4n) is 5.89. The van der Waals surface area contributed by atoms with Crippen LogP contribution in [0, 0.1) is 5.92 Å². The van der Waals surface area contributed by atoms with Crippen molar-refractivity contribution >= 4 is 39.9 Å². The molecule has 3 aromatic rings. The Morgan fingerprint density at radius 1 is 1.02 bits per heavy atom. The Bertz CT molecular complexity index is 1880. The van der Waals surface area contributed by atoms with Crippen LogP contribution in [-0.4, -0.2) is 89.6 Å². The number of carbonyl (C=O) groups excluding carboxylic acids is 4. The Kier molecular flexibility index (Phi) is 13.0. The van der Waals surface area contributed by atoms with E-state index in [-0.39, 0.29) is 13.2 Å². The van der Waals surface area contributed by atoms with E-state index in [1.54, 1.807) is 6.92 Å². The van der Waals surface area contributed by atoms with Gasteiger partial charge in [0.25, 0.3) is 5.91 Å². The molecule has 52 heavy (non-hydrogen) atoms. The maximum absolute atomic E-state index is 13.2. The average molecular weight is 732 g/mol. The molecule has 0 bridgehead atoms. The lowest BCUT2D eigenvalue weighted by atomic mass is 10.0. The van der Waals surface area contributed by atoms with Crippen LogP contribution >= 0.6 is 0 Å². The summed E-state index contributed by atoms with van der Waals surface area (Å²) in [4.78, 5) is 52.6. The van der Waals surface area contributed by atoms with Crippen LogP contribution in [-0.2, 0) is 29.1 Å². The molecule has 276 valence electrons. The third-order valence-corrected chi connectivity index (χ3v) is 10.8. The van der Waals surface area contributed by atoms with Gasteiger partial charge in [0.15, 0.2) is 0 Å². The number of allylic oxidation sites excluding steroid dienone is 1. The minimum atomic E-state index is -3.82. The van der Waals surface area contributed by atoms with Crippen molar-refractivity contribution in [3.63, 3.8) is 0 Å². The van der Waals surface area contributed by atoms with Gasteiger partial charge in [0.2, 0.25) is 21.8 Å². The van der Waals surface area contributed by atoms with Crippen molar-refractivity contribution in [1.82, 2.24) is 35.7 Å². The first-order valence-electron chi connectivity index (χ1n) is 17.5. The molecule has 2 fully saturated rings. The number of benzene rings is 2. The lowest BCUT2D eigenvalue weighted by Crippen LogP contribution is -2.56. The summed E-state index contributed by atoms with van der Waals surface area (Å²) in [5, 5.41) is 15.9. The molecule has 2 aromatic carbocycles. The molecule has 2 heterocycles. The first-order valence-corrected chi connectivity index (χ1v) is 19.0. The molecule has 2 aliphatic rings. The quantitative estimate of drug-likeness (QED) is 0.118. The van der Waals surface area contributed by atoms with Crippen LogP contribution < -0.4 is 15.4 Å². The molecule has 1 aliphatic carbocycles. The van der Waals surface area contributed by atoms with Gasteiger partial charge in [-0.15, -0.1) is 6.58 Å². The molecule has 1 aliphatic heterocycles. The van der Waals surface area contributed by atoms with E-state index in [0.29, 0.717) is 38.6 Å². The maximum Gasteiger partial charge on any atom is 0.407 e. The molecule has 15 heteroatoms. The monoisotopic (exact) mass is 731 g/mol. The number of nitrogens with zero attached hydrogens (tertiary/aromatic N) is 3. The summed E-state index contributed by atoms with van der Waals surface area (Å²) in [6, 6.07) is 15.8. The van der Waals surface area contributed by atoms with Gasteiger partial charge in [-0.05, 0) is 56.6 Å². The number of hydrogen-bond donors (Lipinski definition) is 4. The number of alkyl carbamates (subject to hydrolysis) is 1. The van der Waals surface area contributed by atoms with Gasteiger partial charge in [-0.2, -0.15) is 15.4 Å². The molecule has 1 saturated carbocycles. The van der Waals surface area contributed by atoms with E-state index in [9.17, 15) is 27.6 Å². The van der Waals surface area contributed by atoms with Crippen LogP contribution in [0.15, 0.2) is 73.3 Å². The number of aromatic amines is 1. The molecule has 1 saturated heterocycles. The van der Waals surface area contributed by atoms with Crippen molar-refractivity contribution in [2.75, 3.05) is 19.7 Å². The van der Waals surface area contributed by atoms with E-state index in [2.05, 4.69) is 49.5 Å². The molecular formula is C37H45N7O7S. The number of rotatable bonds is 17. The van der Waals surface area contributed by atoms with Crippen molar-refractivity contribution in [2.45, 2.75) is 69.2 Å². The first kappa shape index (κ1) is 37.9. The highest BCUT2D eigenvalue weighted by Crippen LogP contribution is 2.29. The van der Waals surface area contributed by atoms with Crippen molar-refractivity contribution < 1.29 is 32.3 Å². The Labute approximate surface area is 303 Å². The molecule has 3 atom stereocenters. The van der Waals surface area contributed by atoms with Gasteiger partial charge in [0, 0.05) is 23.6 Å². The Hall–Kier alpha value is -5.31. The zero-order chi connectivity index (χ0) is 37.1. The summed E-state index contributed by atoms with van der Waals surface area (Å²) < 4.78 is 31.9. The minimum Gasteiger partial charge on any atom is -0.450 e. The number of amides is 4.